The third kappa shape index (κ3) is 3.99. The highest BCUT2D eigenvalue weighted by molar-refractivity contribution is 7.71. The van der Waals surface area contributed by atoms with E-state index >= 15 is 0 Å². The van der Waals surface area contributed by atoms with Crippen molar-refractivity contribution in [2.45, 2.75) is 6.61 Å². The van der Waals surface area contributed by atoms with E-state index in [0.29, 0.717) is 16.6 Å². The number of carbonyl (C=O) groups is 1. The van der Waals surface area contributed by atoms with E-state index in [4.69, 9.17) is 23.8 Å². The summed E-state index contributed by atoms with van der Waals surface area (Å²) in [5.74, 6) is -0.672. The predicted molar refractivity (Wildman–Crippen MR) is 100 cm³/mol. The normalized spacial score (nSPS) is 11.0. The standard InChI is InChI=1S/C17H12ClF2N3O3S/c1-23-15(25)10-4-2-8(6-12(10)22-17(23)27)14(24)21-9-3-5-13(11(18)7-9)26-16(19)20/h2-7,16H,1H3,(H,21,24)(H,22,27). The fourth-order valence-corrected chi connectivity index (χ4v) is 2.84. The lowest BCUT2D eigenvalue weighted by Crippen LogP contribution is -2.19. The monoisotopic (exact) mass is 411 g/mol. The van der Waals surface area contributed by atoms with Crippen molar-refractivity contribution < 1.29 is 18.3 Å². The van der Waals surface area contributed by atoms with Gasteiger partial charge in [-0.25, -0.2) is 0 Å². The molecule has 140 valence electrons. The van der Waals surface area contributed by atoms with Crippen molar-refractivity contribution in [2.24, 2.45) is 7.05 Å². The lowest BCUT2D eigenvalue weighted by Gasteiger charge is -2.10. The number of carbonyl (C=O) groups excluding carboxylic acids is 1. The van der Waals surface area contributed by atoms with E-state index < -0.39 is 12.5 Å². The molecule has 0 bridgehead atoms. The Balaban J connectivity index is 1.88. The molecule has 2 N–H and O–H groups in total. The minimum Gasteiger partial charge on any atom is -0.433 e. The molecular formula is C17H12ClF2N3O3S. The summed E-state index contributed by atoms with van der Waals surface area (Å²) < 4.78 is 30.3. The summed E-state index contributed by atoms with van der Waals surface area (Å²) >= 11 is 10.9. The van der Waals surface area contributed by atoms with Crippen molar-refractivity contribution in [2.75, 3.05) is 5.32 Å². The number of amides is 1. The van der Waals surface area contributed by atoms with Gasteiger partial charge >= 0.3 is 6.61 Å². The van der Waals surface area contributed by atoms with Crippen molar-refractivity contribution in [1.29, 1.82) is 0 Å². The summed E-state index contributed by atoms with van der Waals surface area (Å²) in [6.45, 7) is -3.00. The molecule has 0 atom stereocenters. The number of anilines is 1. The molecule has 0 saturated carbocycles. The molecule has 0 radical (unpaired) electrons. The van der Waals surface area contributed by atoms with Crippen molar-refractivity contribution in [3.8, 4) is 5.75 Å². The Morgan fingerprint density at radius 2 is 2.04 bits per heavy atom. The largest absolute Gasteiger partial charge is 0.433 e. The molecule has 0 aliphatic heterocycles. The number of hydrogen-bond acceptors (Lipinski definition) is 4. The Morgan fingerprint density at radius 3 is 2.70 bits per heavy atom. The minimum absolute atomic E-state index is 0.0702. The number of benzene rings is 2. The Hall–Kier alpha value is -2.78. The van der Waals surface area contributed by atoms with Gasteiger partial charge in [0.05, 0.1) is 15.9 Å². The first-order valence-corrected chi connectivity index (χ1v) is 8.33. The smallest absolute Gasteiger partial charge is 0.387 e. The topological polar surface area (TPSA) is 76.1 Å². The first-order chi connectivity index (χ1) is 12.8. The van der Waals surface area contributed by atoms with Crippen LogP contribution in [0.5, 0.6) is 5.75 Å². The van der Waals surface area contributed by atoms with Crippen LogP contribution >= 0.6 is 23.8 Å². The van der Waals surface area contributed by atoms with Gasteiger partial charge in [0.1, 0.15) is 5.75 Å². The van der Waals surface area contributed by atoms with Crippen molar-refractivity contribution in [1.82, 2.24) is 9.55 Å². The predicted octanol–water partition coefficient (Wildman–Crippen LogP) is 4.10. The van der Waals surface area contributed by atoms with E-state index in [1.54, 1.807) is 7.05 Å². The van der Waals surface area contributed by atoms with Crippen LogP contribution < -0.4 is 15.6 Å². The number of alkyl halides is 2. The fraction of sp³-hybridized carbons (Fsp3) is 0.118. The van der Waals surface area contributed by atoms with E-state index in [2.05, 4.69) is 15.0 Å². The molecule has 0 saturated heterocycles. The Morgan fingerprint density at radius 1 is 1.30 bits per heavy atom. The Kier molecular flexibility index (Phi) is 5.24. The van der Waals surface area contributed by atoms with Gasteiger partial charge < -0.3 is 15.0 Å². The van der Waals surface area contributed by atoms with Gasteiger partial charge in [0.25, 0.3) is 11.5 Å². The van der Waals surface area contributed by atoms with Crippen LogP contribution in [0.3, 0.4) is 0 Å². The summed E-state index contributed by atoms with van der Waals surface area (Å²) in [6.07, 6.45) is 0. The maximum absolute atomic E-state index is 12.4. The second-order valence-corrected chi connectivity index (χ2v) is 6.33. The first-order valence-electron chi connectivity index (χ1n) is 7.55. The molecule has 0 spiro atoms. The van der Waals surface area contributed by atoms with Crippen LogP contribution in [-0.4, -0.2) is 22.1 Å². The third-order valence-electron chi connectivity index (χ3n) is 3.77. The van der Waals surface area contributed by atoms with Gasteiger partial charge in [-0.3, -0.25) is 14.2 Å². The Bertz CT molecular complexity index is 1160. The van der Waals surface area contributed by atoms with Crippen LogP contribution in [0.15, 0.2) is 41.2 Å². The molecule has 10 heteroatoms. The number of fused-ring (bicyclic) bond motifs is 1. The summed E-state index contributed by atoms with van der Waals surface area (Å²) in [4.78, 5) is 27.5. The molecule has 27 heavy (non-hydrogen) atoms. The molecule has 0 aliphatic rings. The third-order valence-corrected chi connectivity index (χ3v) is 4.44. The molecule has 2 aromatic carbocycles. The quantitative estimate of drug-likeness (QED) is 0.634. The second kappa shape index (κ2) is 7.45. The van der Waals surface area contributed by atoms with Gasteiger partial charge in [0.15, 0.2) is 4.77 Å². The van der Waals surface area contributed by atoms with Crippen LogP contribution in [-0.2, 0) is 7.05 Å². The lowest BCUT2D eigenvalue weighted by atomic mass is 10.1. The van der Waals surface area contributed by atoms with Gasteiger partial charge in [-0.15, -0.1) is 0 Å². The highest BCUT2D eigenvalue weighted by Crippen LogP contribution is 2.29. The van der Waals surface area contributed by atoms with E-state index in [-0.39, 0.29) is 26.7 Å². The first kappa shape index (κ1) is 19.0. The zero-order valence-corrected chi connectivity index (χ0v) is 15.3. The maximum atomic E-state index is 12.4. The zero-order chi connectivity index (χ0) is 19.7. The fourth-order valence-electron chi connectivity index (χ4n) is 2.42. The molecule has 1 heterocycles. The summed E-state index contributed by atoms with van der Waals surface area (Å²) in [5, 5.41) is 2.91. The van der Waals surface area contributed by atoms with Gasteiger partial charge in [-0.1, -0.05) is 11.6 Å². The van der Waals surface area contributed by atoms with Crippen LogP contribution in [0.2, 0.25) is 5.02 Å². The zero-order valence-electron chi connectivity index (χ0n) is 13.8. The average Bonchev–Trinajstić information content (AvgIpc) is 2.61. The molecule has 1 aromatic heterocycles. The number of aromatic amines is 1. The van der Waals surface area contributed by atoms with Crippen molar-refractivity contribution >= 4 is 46.3 Å². The van der Waals surface area contributed by atoms with Crippen LogP contribution in [0.1, 0.15) is 10.4 Å². The summed E-state index contributed by atoms with van der Waals surface area (Å²) in [7, 11) is 1.55. The number of nitrogens with one attached hydrogen (secondary N) is 2. The number of halogens is 3. The van der Waals surface area contributed by atoms with Crippen molar-refractivity contribution in [3.05, 3.63) is 62.1 Å². The average molecular weight is 412 g/mol. The molecule has 0 aliphatic carbocycles. The number of H-pyrrole nitrogens is 1. The Labute approximate surface area is 161 Å². The van der Waals surface area contributed by atoms with Crippen LogP contribution in [0, 0.1) is 4.77 Å². The van der Waals surface area contributed by atoms with Crippen molar-refractivity contribution in [3.63, 3.8) is 0 Å². The highest BCUT2D eigenvalue weighted by atomic mass is 35.5. The minimum atomic E-state index is -3.00. The number of aromatic nitrogens is 2. The van der Waals surface area contributed by atoms with E-state index in [1.807, 2.05) is 0 Å². The molecule has 0 unspecified atom stereocenters. The van der Waals surface area contributed by atoms with Gasteiger partial charge in [0, 0.05) is 18.3 Å². The lowest BCUT2D eigenvalue weighted by molar-refractivity contribution is -0.0497. The molecular weight excluding hydrogens is 400 g/mol. The number of nitrogens with zero attached hydrogens (tertiary/aromatic N) is 1. The molecule has 6 nitrogen and oxygen atoms in total. The molecule has 3 aromatic rings. The van der Waals surface area contributed by atoms with Crippen LogP contribution in [0.25, 0.3) is 10.9 Å². The van der Waals surface area contributed by atoms with Gasteiger partial charge in [-0.05, 0) is 48.6 Å². The van der Waals surface area contributed by atoms with E-state index in [9.17, 15) is 18.4 Å². The number of ether oxygens (including phenoxy) is 1. The van der Waals surface area contributed by atoms with E-state index in [0.717, 1.165) is 0 Å². The summed E-state index contributed by atoms with van der Waals surface area (Å²) in [6, 6.07) is 8.41. The van der Waals surface area contributed by atoms with Crippen LogP contribution in [0.4, 0.5) is 14.5 Å². The van der Waals surface area contributed by atoms with Gasteiger partial charge in [0.2, 0.25) is 0 Å². The van der Waals surface area contributed by atoms with E-state index in [1.165, 1.54) is 41.0 Å². The highest BCUT2D eigenvalue weighted by Gasteiger charge is 2.12. The SMILES string of the molecule is Cn1c(=S)[nH]c2cc(C(=O)Nc3ccc(OC(F)F)c(Cl)c3)ccc2c1=O. The molecule has 1 amide bonds. The number of hydrogen-bond donors (Lipinski definition) is 2. The molecule has 3 rings (SSSR count). The molecule has 0 fully saturated rings. The summed E-state index contributed by atoms with van der Waals surface area (Å²) in [5.41, 5.74) is 0.714. The van der Waals surface area contributed by atoms with Gasteiger partial charge in [-0.2, -0.15) is 8.78 Å². The number of rotatable bonds is 4. The maximum Gasteiger partial charge on any atom is 0.387 e. The second-order valence-electron chi connectivity index (χ2n) is 5.53.